The number of carboxylic acid groups (broad SMARTS) is 1. The highest BCUT2D eigenvalue weighted by molar-refractivity contribution is 6.29. The number of carboxylic acids is 1. The number of carbonyl (C=O) groups is 1. The highest BCUT2D eigenvalue weighted by Gasteiger charge is 2.18. The molecule has 0 fully saturated rings. The van der Waals surface area contributed by atoms with Crippen LogP contribution in [0.2, 0.25) is 0 Å². The third-order valence-corrected chi connectivity index (χ3v) is 2.01. The van der Waals surface area contributed by atoms with Crippen LogP contribution in [0.4, 0.5) is 0 Å². The van der Waals surface area contributed by atoms with Crippen LogP contribution in [0.5, 0.6) is 0 Å². The molecule has 0 radical (unpaired) electrons. The Morgan fingerprint density at radius 2 is 2.07 bits per heavy atom. The largest absolute Gasteiger partial charge is 0.480 e. The number of hydrogen-bond acceptors (Lipinski definition) is 2. The first-order valence-corrected chi connectivity index (χ1v) is 4.83. The Kier molecular flexibility index (Phi) is 4.34. The Labute approximate surface area is 93.4 Å². The average Bonchev–Trinajstić information content (AvgIpc) is 2.18. The normalized spacial score (nSPS) is 12.1. The summed E-state index contributed by atoms with van der Waals surface area (Å²) in [5, 5.41) is 12.2. The number of hydrogen-bond donors (Lipinski definition) is 2. The summed E-state index contributed by atoms with van der Waals surface area (Å²) in [7, 11) is 0. The predicted molar refractivity (Wildman–Crippen MR) is 59.8 cm³/mol. The zero-order valence-electron chi connectivity index (χ0n) is 8.11. The lowest BCUT2D eigenvalue weighted by Gasteiger charge is -2.13. The van der Waals surface area contributed by atoms with Crippen molar-refractivity contribution in [2.75, 3.05) is 6.54 Å². The maximum Gasteiger partial charge on any atom is 0.325 e. The van der Waals surface area contributed by atoms with Gasteiger partial charge in [0.2, 0.25) is 0 Å². The Bertz CT molecular complexity index is 351. The Balaban J connectivity index is 2.75. The van der Waals surface area contributed by atoms with Gasteiger partial charge in [0.25, 0.3) is 0 Å². The van der Waals surface area contributed by atoms with Crippen LogP contribution in [0.15, 0.2) is 41.9 Å². The van der Waals surface area contributed by atoms with Crippen LogP contribution in [0.25, 0.3) is 0 Å². The van der Waals surface area contributed by atoms with Crippen LogP contribution < -0.4 is 5.32 Å². The van der Waals surface area contributed by atoms with E-state index in [1.165, 1.54) is 0 Å². The molecule has 0 aromatic heterocycles. The minimum Gasteiger partial charge on any atom is -0.480 e. The van der Waals surface area contributed by atoms with Crippen molar-refractivity contribution in [3.63, 3.8) is 0 Å². The molecule has 0 saturated heterocycles. The van der Waals surface area contributed by atoms with Crippen molar-refractivity contribution >= 4 is 17.6 Å². The molecule has 1 aromatic rings. The molecule has 1 unspecified atom stereocenters. The van der Waals surface area contributed by atoms with E-state index in [9.17, 15) is 4.79 Å². The third kappa shape index (κ3) is 3.73. The first-order chi connectivity index (χ1) is 7.11. The van der Waals surface area contributed by atoms with Gasteiger partial charge < -0.3 is 5.11 Å². The summed E-state index contributed by atoms with van der Waals surface area (Å²) in [6.45, 7) is 3.76. The van der Waals surface area contributed by atoms with Crippen LogP contribution in [0, 0.1) is 0 Å². The van der Waals surface area contributed by atoms with Crippen molar-refractivity contribution in [2.45, 2.75) is 6.04 Å². The van der Waals surface area contributed by atoms with Crippen LogP contribution in [-0.2, 0) is 4.79 Å². The Morgan fingerprint density at radius 3 is 2.53 bits per heavy atom. The van der Waals surface area contributed by atoms with Gasteiger partial charge in [-0.25, -0.2) is 0 Å². The molecule has 0 saturated carbocycles. The summed E-state index contributed by atoms with van der Waals surface area (Å²) in [6.07, 6.45) is 0. The molecule has 0 aliphatic rings. The second kappa shape index (κ2) is 5.53. The summed E-state index contributed by atoms with van der Waals surface area (Å²) in [5.41, 5.74) is 0.697. The molecular weight excluding hydrogens is 214 g/mol. The maximum absolute atomic E-state index is 11.0. The van der Waals surface area contributed by atoms with Crippen LogP contribution in [-0.4, -0.2) is 17.6 Å². The smallest absolute Gasteiger partial charge is 0.325 e. The lowest BCUT2D eigenvalue weighted by atomic mass is 10.1. The summed E-state index contributed by atoms with van der Waals surface area (Å²) >= 11 is 5.56. The Hall–Kier alpha value is -1.32. The summed E-state index contributed by atoms with van der Waals surface area (Å²) in [4.78, 5) is 11.0. The number of aliphatic carboxylic acids is 1. The van der Waals surface area contributed by atoms with Crippen LogP contribution in [0.1, 0.15) is 11.6 Å². The van der Waals surface area contributed by atoms with E-state index in [0.29, 0.717) is 10.6 Å². The minimum atomic E-state index is -0.931. The van der Waals surface area contributed by atoms with Crippen LogP contribution >= 0.6 is 11.6 Å². The van der Waals surface area contributed by atoms with E-state index in [1.54, 1.807) is 24.3 Å². The van der Waals surface area contributed by atoms with Gasteiger partial charge in [0.05, 0.1) is 0 Å². The molecule has 1 aromatic carbocycles. The van der Waals surface area contributed by atoms with Crippen molar-refractivity contribution in [3.8, 4) is 0 Å². The van der Waals surface area contributed by atoms with Gasteiger partial charge in [-0.2, -0.15) is 0 Å². The van der Waals surface area contributed by atoms with Crippen molar-refractivity contribution in [1.29, 1.82) is 0 Å². The zero-order valence-corrected chi connectivity index (χ0v) is 8.87. The van der Waals surface area contributed by atoms with Gasteiger partial charge in [-0.3, -0.25) is 10.1 Å². The van der Waals surface area contributed by atoms with Gasteiger partial charge in [0.15, 0.2) is 0 Å². The molecule has 4 heteroatoms. The first kappa shape index (κ1) is 11.8. The Morgan fingerprint density at radius 1 is 1.47 bits per heavy atom. The van der Waals surface area contributed by atoms with Gasteiger partial charge in [-0.1, -0.05) is 48.5 Å². The predicted octanol–water partition coefficient (Wildman–Crippen LogP) is 2.15. The van der Waals surface area contributed by atoms with E-state index in [4.69, 9.17) is 16.7 Å². The molecule has 3 nitrogen and oxygen atoms in total. The molecule has 0 heterocycles. The highest BCUT2D eigenvalue weighted by Crippen LogP contribution is 2.13. The molecule has 1 rings (SSSR count). The van der Waals surface area contributed by atoms with Crippen molar-refractivity contribution in [3.05, 3.63) is 47.5 Å². The quantitative estimate of drug-likeness (QED) is 0.808. The van der Waals surface area contributed by atoms with E-state index in [1.807, 2.05) is 6.07 Å². The monoisotopic (exact) mass is 225 g/mol. The topological polar surface area (TPSA) is 49.3 Å². The number of halogens is 1. The lowest BCUT2D eigenvalue weighted by molar-refractivity contribution is -0.139. The summed E-state index contributed by atoms with van der Waals surface area (Å²) < 4.78 is 0. The molecule has 0 aliphatic carbocycles. The fourth-order valence-corrected chi connectivity index (χ4v) is 1.28. The molecule has 15 heavy (non-hydrogen) atoms. The standard InChI is InChI=1S/C11H12ClNO2/c1-8(12)7-13-10(11(14)15)9-5-3-2-4-6-9/h2-6,10,13H,1,7H2,(H,14,15). The summed E-state index contributed by atoms with van der Waals surface area (Å²) in [5.74, 6) is -0.931. The van der Waals surface area contributed by atoms with E-state index in [0.717, 1.165) is 0 Å². The number of nitrogens with one attached hydrogen (secondary N) is 1. The van der Waals surface area contributed by atoms with E-state index in [-0.39, 0.29) is 6.54 Å². The van der Waals surface area contributed by atoms with Gasteiger partial charge in [-0.05, 0) is 5.56 Å². The SMILES string of the molecule is C=C(Cl)CNC(C(=O)O)c1ccccc1. The van der Waals surface area contributed by atoms with Gasteiger partial charge in [0.1, 0.15) is 6.04 Å². The van der Waals surface area contributed by atoms with Crippen molar-refractivity contribution < 1.29 is 9.90 Å². The fraction of sp³-hybridized carbons (Fsp3) is 0.182. The molecule has 80 valence electrons. The molecule has 0 bridgehead atoms. The van der Waals surface area contributed by atoms with E-state index >= 15 is 0 Å². The average molecular weight is 226 g/mol. The molecule has 0 amide bonds. The summed E-state index contributed by atoms with van der Waals surface area (Å²) in [6, 6.07) is 8.18. The second-order valence-corrected chi connectivity index (χ2v) is 3.61. The maximum atomic E-state index is 11.0. The second-order valence-electron chi connectivity index (χ2n) is 3.08. The molecule has 1 atom stereocenters. The molecule has 0 spiro atoms. The highest BCUT2D eigenvalue weighted by atomic mass is 35.5. The third-order valence-electron chi connectivity index (χ3n) is 1.88. The van der Waals surface area contributed by atoms with E-state index < -0.39 is 12.0 Å². The molecule has 0 aliphatic heterocycles. The number of rotatable bonds is 5. The lowest BCUT2D eigenvalue weighted by Crippen LogP contribution is -2.29. The van der Waals surface area contributed by atoms with Gasteiger partial charge >= 0.3 is 5.97 Å². The number of benzene rings is 1. The molecular formula is C11H12ClNO2. The van der Waals surface area contributed by atoms with Crippen molar-refractivity contribution in [2.24, 2.45) is 0 Å². The van der Waals surface area contributed by atoms with Gasteiger partial charge in [0, 0.05) is 11.6 Å². The molecule has 2 N–H and O–H groups in total. The van der Waals surface area contributed by atoms with Gasteiger partial charge in [-0.15, -0.1) is 0 Å². The van der Waals surface area contributed by atoms with E-state index in [2.05, 4.69) is 11.9 Å². The first-order valence-electron chi connectivity index (χ1n) is 4.45. The fourth-order valence-electron chi connectivity index (χ4n) is 1.21. The van der Waals surface area contributed by atoms with Crippen molar-refractivity contribution in [1.82, 2.24) is 5.32 Å². The van der Waals surface area contributed by atoms with Crippen LogP contribution in [0.3, 0.4) is 0 Å². The zero-order chi connectivity index (χ0) is 11.3. The minimum absolute atomic E-state index is 0.271.